The van der Waals surface area contributed by atoms with E-state index in [1.165, 1.54) is 0 Å². The number of carbonyl (C=O) groups is 2. The van der Waals surface area contributed by atoms with Crippen LogP contribution in [-0.4, -0.2) is 112 Å². The SMILES string of the molecule is CCc1cccc2cc(OCOC)cc(-c3ncc4c(N5CC6CCC(C5)N6C(=O)OC(C)(C)C)nc(OC[C@@H]5CCCN5CCCCCC(=O)O)nc4c3F)c12. The molecule has 2 aromatic carbocycles. The number of amides is 1. The monoisotopic (exact) mass is 786 g/mol. The maximum atomic E-state index is 17.4. The lowest BCUT2D eigenvalue weighted by molar-refractivity contribution is -0.137. The number of unbranched alkanes of at least 4 members (excludes halogenated alkanes) is 2. The molecule has 7 rings (SSSR count). The van der Waals surface area contributed by atoms with Crippen molar-refractivity contribution in [2.45, 2.75) is 109 Å². The quantitative estimate of drug-likeness (QED) is 0.0938. The van der Waals surface area contributed by atoms with E-state index in [9.17, 15) is 9.59 Å². The number of carbonyl (C=O) groups excluding carboxylic acids is 1. The number of anilines is 1. The van der Waals surface area contributed by atoms with E-state index in [0.29, 0.717) is 48.6 Å². The third-order valence-corrected chi connectivity index (χ3v) is 11.3. The number of carboxylic acids is 1. The third kappa shape index (κ3) is 9.02. The van der Waals surface area contributed by atoms with Crippen molar-refractivity contribution >= 4 is 39.6 Å². The molecule has 14 heteroatoms. The molecule has 0 saturated carbocycles. The molecule has 1 amide bonds. The van der Waals surface area contributed by atoms with Gasteiger partial charge in [0.2, 0.25) is 0 Å². The van der Waals surface area contributed by atoms with Gasteiger partial charge in [-0.3, -0.25) is 19.6 Å². The zero-order valence-electron chi connectivity index (χ0n) is 33.8. The fourth-order valence-corrected chi connectivity index (χ4v) is 8.69. The molecule has 57 heavy (non-hydrogen) atoms. The minimum absolute atomic E-state index is 0.0374. The van der Waals surface area contributed by atoms with Crippen LogP contribution >= 0.6 is 0 Å². The summed E-state index contributed by atoms with van der Waals surface area (Å²) in [4.78, 5) is 45.1. The van der Waals surface area contributed by atoms with E-state index in [-0.39, 0.29) is 54.7 Å². The van der Waals surface area contributed by atoms with Crippen molar-refractivity contribution in [2.75, 3.05) is 51.6 Å². The van der Waals surface area contributed by atoms with Crippen LogP contribution in [0.3, 0.4) is 0 Å². The standard InChI is InChI=1S/C43H55FN6O7/c1-6-27-12-10-13-28-20-32(56-26-54-5)21-33(36(27)28)38-37(44)39-34(22-45-38)40(49-23-29-16-17-30(24-49)50(29)42(53)57-43(2,3)4)47-41(46-39)55-25-31-14-11-19-48(31)18-9-7-8-15-35(51)52/h10,12-13,20-22,29-31H,6-9,11,14-19,23-26H2,1-5H3,(H,51,52)/t29?,30?,31-/m0/s1. The first kappa shape index (κ1) is 40.4. The molecule has 0 aliphatic carbocycles. The lowest BCUT2D eigenvalue weighted by Gasteiger charge is -2.42. The second kappa shape index (κ2) is 17.4. The maximum Gasteiger partial charge on any atom is 0.410 e. The number of pyridine rings is 1. The minimum atomic E-state index is -0.766. The average molecular weight is 787 g/mol. The molecule has 3 fully saturated rings. The Morgan fingerprint density at radius 3 is 2.53 bits per heavy atom. The number of aryl methyl sites for hydroxylation is 1. The number of hydrogen-bond donors (Lipinski definition) is 1. The lowest BCUT2D eigenvalue weighted by Crippen LogP contribution is -2.57. The third-order valence-electron chi connectivity index (χ3n) is 11.3. The smallest absolute Gasteiger partial charge is 0.410 e. The molecule has 3 atom stereocenters. The van der Waals surface area contributed by atoms with Crippen molar-refractivity contribution < 1.29 is 38.0 Å². The molecule has 2 unspecified atom stereocenters. The van der Waals surface area contributed by atoms with E-state index >= 15 is 4.39 Å². The van der Waals surface area contributed by atoms with Gasteiger partial charge in [-0.05, 0) is 107 Å². The van der Waals surface area contributed by atoms with Crippen LogP contribution < -0.4 is 14.4 Å². The van der Waals surface area contributed by atoms with Crippen LogP contribution in [0.1, 0.15) is 84.6 Å². The van der Waals surface area contributed by atoms with Crippen molar-refractivity contribution in [3.8, 4) is 23.0 Å². The molecule has 3 aliphatic rings. The first-order chi connectivity index (χ1) is 27.4. The summed E-state index contributed by atoms with van der Waals surface area (Å²) in [6.45, 7) is 10.8. The van der Waals surface area contributed by atoms with E-state index < -0.39 is 17.4 Å². The Morgan fingerprint density at radius 2 is 1.81 bits per heavy atom. The predicted octanol–water partition coefficient (Wildman–Crippen LogP) is 7.61. The van der Waals surface area contributed by atoms with Gasteiger partial charge in [0.15, 0.2) is 12.6 Å². The number of halogens is 1. The Morgan fingerprint density at radius 1 is 1.02 bits per heavy atom. The van der Waals surface area contributed by atoms with Gasteiger partial charge >= 0.3 is 18.1 Å². The highest BCUT2D eigenvalue weighted by molar-refractivity contribution is 6.01. The Balaban J connectivity index is 1.25. The number of piperazine rings is 1. The summed E-state index contributed by atoms with van der Waals surface area (Å²) in [6.07, 6.45) is 8.30. The molecule has 2 aromatic heterocycles. The number of carboxylic acid groups (broad SMARTS) is 1. The Bertz CT molecular complexity index is 2080. The number of hydrogen-bond acceptors (Lipinski definition) is 11. The van der Waals surface area contributed by atoms with Gasteiger partial charge in [0.05, 0.1) is 17.5 Å². The summed E-state index contributed by atoms with van der Waals surface area (Å²) in [5, 5.41) is 11.3. The Kier molecular flexibility index (Phi) is 12.3. The summed E-state index contributed by atoms with van der Waals surface area (Å²) >= 11 is 0. The highest BCUT2D eigenvalue weighted by atomic mass is 19.1. The first-order valence-corrected chi connectivity index (χ1v) is 20.3. The van der Waals surface area contributed by atoms with Crippen LogP contribution in [-0.2, 0) is 20.7 Å². The molecular formula is C43H55FN6O7. The summed E-state index contributed by atoms with van der Waals surface area (Å²) in [5.41, 5.74) is 1.28. The van der Waals surface area contributed by atoms with Crippen LogP contribution in [0.15, 0.2) is 36.5 Å². The highest BCUT2D eigenvalue weighted by Gasteiger charge is 2.45. The van der Waals surface area contributed by atoms with Crippen molar-refractivity contribution in [2.24, 2.45) is 0 Å². The largest absolute Gasteiger partial charge is 0.481 e. The fourth-order valence-electron chi connectivity index (χ4n) is 8.69. The van der Waals surface area contributed by atoms with Crippen molar-refractivity contribution in [3.63, 3.8) is 0 Å². The summed E-state index contributed by atoms with van der Waals surface area (Å²) < 4.78 is 40.6. The van der Waals surface area contributed by atoms with Crippen LogP contribution in [0, 0.1) is 5.82 Å². The highest BCUT2D eigenvalue weighted by Crippen LogP contribution is 2.40. The number of fused-ring (bicyclic) bond motifs is 4. The van der Waals surface area contributed by atoms with Crippen molar-refractivity contribution in [3.05, 3.63) is 47.9 Å². The zero-order chi connectivity index (χ0) is 40.3. The van der Waals surface area contributed by atoms with E-state index in [1.807, 2.05) is 49.9 Å². The predicted molar refractivity (Wildman–Crippen MR) is 215 cm³/mol. The minimum Gasteiger partial charge on any atom is -0.481 e. The van der Waals surface area contributed by atoms with Gasteiger partial charge in [-0.2, -0.15) is 9.97 Å². The molecular weight excluding hydrogens is 732 g/mol. The van der Waals surface area contributed by atoms with Gasteiger partial charge < -0.3 is 29.0 Å². The Labute approximate surface area is 333 Å². The summed E-state index contributed by atoms with van der Waals surface area (Å²) in [6, 6.07) is 9.77. The average Bonchev–Trinajstić information content (AvgIpc) is 3.74. The molecule has 2 bridgehead atoms. The van der Waals surface area contributed by atoms with Gasteiger partial charge in [0.1, 0.15) is 35.0 Å². The van der Waals surface area contributed by atoms with Gasteiger partial charge in [-0.25, -0.2) is 9.18 Å². The topological polar surface area (TPSA) is 140 Å². The second-order valence-electron chi connectivity index (χ2n) is 16.4. The molecule has 3 saturated heterocycles. The number of benzene rings is 2. The second-order valence-corrected chi connectivity index (χ2v) is 16.4. The molecule has 0 spiro atoms. The van der Waals surface area contributed by atoms with Crippen LogP contribution in [0.25, 0.3) is 32.9 Å². The van der Waals surface area contributed by atoms with Crippen LogP contribution in [0.4, 0.5) is 15.0 Å². The normalized spacial score (nSPS) is 19.8. The van der Waals surface area contributed by atoms with Gasteiger partial charge in [-0.15, -0.1) is 0 Å². The van der Waals surface area contributed by atoms with E-state index in [4.69, 9.17) is 39.0 Å². The van der Waals surface area contributed by atoms with Gasteiger partial charge in [-0.1, -0.05) is 31.5 Å². The molecule has 3 aliphatic heterocycles. The fraction of sp³-hybridized carbons (Fsp3) is 0.558. The van der Waals surface area contributed by atoms with E-state index in [2.05, 4.69) is 16.7 Å². The number of likely N-dealkylation sites (tertiary alicyclic amines) is 1. The van der Waals surface area contributed by atoms with Crippen LogP contribution in [0.2, 0.25) is 0 Å². The molecule has 306 valence electrons. The Hall–Kier alpha value is -4.82. The van der Waals surface area contributed by atoms with Crippen molar-refractivity contribution in [1.29, 1.82) is 0 Å². The number of ether oxygens (including phenoxy) is 4. The molecule has 13 nitrogen and oxygen atoms in total. The van der Waals surface area contributed by atoms with Gasteiger partial charge in [0.25, 0.3) is 0 Å². The number of nitrogens with zero attached hydrogens (tertiary/aromatic N) is 6. The van der Waals surface area contributed by atoms with Crippen molar-refractivity contribution in [1.82, 2.24) is 24.8 Å². The summed E-state index contributed by atoms with van der Waals surface area (Å²) in [5.74, 6) is -0.302. The number of aliphatic carboxylic acids is 1. The first-order valence-electron chi connectivity index (χ1n) is 20.3. The van der Waals surface area contributed by atoms with Crippen LogP contribution in [0.5, 0.6) is 11.8 Å². The summed E-state index contributed by atoms with van der Waals surface area (Å²) in [7, 11) is 1.55. The number of methoxy groups -OCH3 is 1. The molecule has 5 heterocycles. The molecule has 4 aromatic rings. The van der Waals surface area contributed by atoms with E-state index in [1.54, 1.807) is 19.4 Å². The lowest BCUT2D eigenvalue weighted by atomic mass is 9.95. The number of rotatable bonds is 15. The number of aromatic nitrogens is 3. The van der Waals surface area contributed by atoms with E-state index in [0.717, 1.165) is 74.4 Å². The zero-order valence-corrected chi connectivity index (χ0v) is 33.8. The van der Waals surface area contributed by atoms with Gasteiger partial charge in [0, 0.05) is 44.4 Å². The molecule has 1 N–H and O–H groups in total. The molecule has 0 radical (unpaired) electrons. The maximum absolute atomic E-state index is 17.4.